The van der Waals surface area contributed by atoms with Gasteiger partial charge in [0.1, 0.15) is 12.4 Å². The Morgan fingerprint density at radius 3 is 2.83 bits per heavy atom. The monoisotopic (exact) mass is 268 g/mol. The minimum absolute atomic E-state index is 0.333. The van der Waals surface area contributed by atoms with Crippen molar-refractivity contribution in [1.82, 2.24) is 0 Å². The molecule has 0 radical (unpaired) electrons. The summed E-state index contributed by atoms with van der Waals surface area (Å²) >= 11 is 6.04. The second kappa shape index (κ2) is 6.44. The van der Waals surface area contributed by atoms with E-state index in [4.69, 9.17) is 16.3 Å². The molecule has 0 aromatic heterocycles. The normalized spacial score (nSPS) is 17.9. The van der Waals surface area contributed by atoms with Gasteiger partial charge in [-0.15, -0.1) is 0 Å². The molecule has 0 bridgehead atoms. The molecule has 0 saturated heterocycles. The van der Waals surface area contributed by atoms with Gasteiger partial charge in [-0.05, 0) is 37.0 Å². The van der Waals surface area contributed by atoms with Crippen LogP contribution >= 0.6 is 11.6 Å². The van der Waals surface area contributed by atoms with Crippen molar-refractivity contribution in [2.45, 2.75) is 45.1 Å². The number of aryl methyl sites for hydroxylation is 1. The maximum absolute atomic E-state index is 9.96. The van der Waals surface area contributed by atoms with E-state index in [1.807, 2.05) is 25.1 Å². The highest BCUT2D eigenvalue weighted by Gasteiger charge is 2.19. The van der Waals surface area contributed by atoms with E-state index in [1.54, 1.807) is 0 Å². The highest BCUT2D eigenvalue weighted by Crippen LogP contribution is 2.29. The number of aliphatic hydroxyl groups excluding tert-OH is 1. The fourth-order valence-corrected chi connectivity index (χ4v) is 2.78. The average Bonchev–Trinajstić information content (AvgIpc) is 2.83. The molecule has 1 aliphatic rings. The summed E-state index contributed by atoms with van der Waals surface area (Å²) < 4.78 is 5.61. The van der Waals surface area contributed by atoms with E-state index in [0.717, 1.165) is 12.0 Å². The first kappa shape index (κ1) is 13.7. The Kier molecular flexibility index (Phi) is 4.90. The van der Waals surface area contributed by atoms with Crippen LogP contribution in [0.1, 0.15) is 37.7 Å². The Hall–Kier alpha value is -0.730. The maximum atomic E-state index is 9.96. The first-order chi connectivity index (χ1) is 8.65. The second-order valence-corrected chi connectivity index (χ2v) is 5.69. The van der Waals surface area contributed by atoms with Crippen LogP contribution in [0.3, 0.4) is 0 Å². The summed E-state index contributed by atoms with van der Waals surface area (Å²) in [6.07, 6.45) is 5.59. The van der Waals surface area contributed by atoms with Crippen molar-refractivity contribution in [1.29, 1.82) is 0 Å². The van der Waals surface area contributed by atoms with Crippen molar-refractivity contribution in [3.8, 4) is 5.75 Å². The maximum Gasteiger partial charge on any atom is 0.138 e. The first-order valence-electron chi connectivity index (χ1n) is 6.72. The lowest BCUT2D eigenvalue weighted by Gasteiger charge is -2.16. The van der Waals surface area contributed by atoms with Crippen molar-refractivity contribution in [2.24, 2.45) is 5.92 Å². The van der Waals surface area contributed by atoms with Gasteiger partial charge in [0.05, 0.1) is 11.1 Å². The Bertz CT molecular complexity index is 386. The minimum atomic E-state index is -0.385. The summed E-state index contributed by atoms with van der Waals surface area (Å²) in [5, 5.41) is 10.6. The number of halogens is 1. The molecule has 2 nitrogen and oxygen atoms in total. The zero-order valence-electron chi connectivity index (χ0n) is 10.9. The molecular formula is C15H21ClO2. The second-order valence-electron chi connectivity index (χ2n) is 5.28. The van der Waals surface area contributed by atoms with Crippen LogP contribution in [0, 0.1) is 12.8 Å². The van der Waals surface area contributed by atoms with E-state index in [2.05, 4.69) is 0 Å². The van der Waals surface area contributed by atoms with Crippen molar-refractivity contribution < 1.29 is 9.84 Å². The molecule has 0 spiro atoms. The smallest absolute Gasteiger partial charge is 0.138 e. The zero-order chi connectivity index (χ0) is 13.0. The molecular weight excluding hydrogens is 248 g/mol. The standard InChI is InChI=1S/C15H21ClO2/c1-11-6-7-14(16)15(8-11)18-10-13(17)9-12-4-2-3-5-12/h6-8,12-13,17H,2-5,9-10H2,1H3. The summed E-state index contributed by atoms with van der Waals surface area (Å²) in [6, 6.07) is 5.68. The molecule has 18 heavy (non-hydrogen) atoms. The Labute approximate surface area is 114 Å². The van der Waals surface area contributed by atoms with Gasteiger partial charge >= 0.3 is 0 Å². The van der Waals surface area contributed by atoms with E-state index in [1.165, 1.54) is 25.7 Å². The number of ether oxygens (including phenoxy) is 1. The topological polar surface area (TPSA) is 29.5 Å². The lowest BCUT2D eigenvalue weighted by Crippen LogP contribution is -2.20. The van der Waals surface area contributed by atoms with Gasteiger partial charge in [0.15, 0.2) is 0 Å². The average molecular weight is 269 g/mol. The highest BCUT2D eigenvalue weighted by molar-refractivity contribution is 6.32. The summed E-state index contributed by atoms with van der Waals surface area (Å²) in [6.45, 7) is 2.33. The van der Waals surface area contributed by atoms with Crippen LogP contribution in [0.15, 0.2) is 18.2 Å². The van der Waals surface area contributed by atoms with Gasteiger partial charge in [-0.25, -0.2) is 0 Å². The van der Waals surface area contributed by atoms with Crippen molar-refractivity contribution in [3.05, 3.63) is 28.8 Å². The van der Waals surface area contributed by atoms with Gasteiger partial charge in [-0.2, -0.15) is 0 Å². The fraction of sp³-hybridized carbons (Fsp3) is 0.600. The molecule has 100 valence electrons. The third kappa shape index (κ3) is 3.89. The molecule has 0 amide bonds. The molecule has 1 N–H and O–H groups in total. The van der Waals surface area contributed by atoms with Crippen molar-refractivity contribution in [2.75, 3.05) is 6.61 Å². The number of hydrogen-bond acceptors (Lipinski definition) is 2. The van der Waals surface area contributed by atoms with Crippen LogP contribution < -0.4 is 4.74 Å². The molecule has 1 saturated carbocycles. The molecule has 1 atom stereocenters. The fourth-order valence-electron chi connectivity index (χ4n) is 2.61. The number of aliphatic hydroxyl groups is 1. The summed E-state index contributed by atoms with van der Waals surface area (Å²) in [4.78, 5) is 0. The van der Waals surface area contributed by atoms with Crippen LogP contribution in [0.2, 0.25) is 5.02 Å². The molecule has 0 heterocycles. The Morgan fingerprint density at radius 2 is 2.11 bits per heavy atom. The van der Waals surface area contributed by atoms with Gasteiger partial charge in [0, 0.05) is 0 Å². The lowest BCUT2D eigenvalue weighted by atomic mass is 10.0. The number of benzene rings is 1. The quantitative estimate of drug-likeness (QED) is 0.876. The minimum Gasteiger partial charge on any atom is -0.489 e. The highest BCUT2D eigenvalue weighted by atomic mass is 35.5. The summed E-state index contributed by atoms with van der Waals surface area (Å²) in [5.41, 5.74) is 1.11. The molecule has 1 aliphatic carbocycles. The molecule has 1 unspecified atom stereocenters. The van der Waals surface area contributed by atoms with Gasteiger partial charge in [-0.3, -0.25) is 0 Å². The third-order valence-electron chi connectivity index (χ3n) is 3.60. The van der Waals surface area contributed by atoms with Crippen LogP contribution in [0.4, 0.5) is 0 Å². The molecule has 1 fully saturated rings. The van der Waals surface area contributed by atoms with E-state index in [-0.39, 0.29) is 6.10 Å². The predicted octanol–water partition coefficient (Wildman–Crippen LogP) is 3.97. The Morgan fingerprint density at radius 1 is 1.39 bits per heavy atom. The van der Waals surface area contributed by atoms with Crippen LogP contribution in [-0.4, -0.2) is 17.8 Å². The van der Waals surface area contributed by atoms with Crippen molar-refractivity contribution >= 4 is 11.6 Å². The molecule has 1 aromatic rings. The number of rotatable bonds is 5. The summed E-state index contributed by atoms with van der Waals surface area (Å²) in [5.74, 6) is 1.35. The third-order valence-corrected chi connectivity index (χ3v) is 3.91. The van der Waals surface area contributed by atoms with E-state index >= 15 is 0 Å². The molecule has 1 aromatic carbocycles. The summed E-state index contributed by atoms with van der Waals surface area (Å²) in [7, 11) is 0. The SMILES string of the molecule is Cc1ccc(Cl)c(OCC(O)CC2CCCC2)c1. The molecule has 2 rings (SSSR count). The molecule has 3 heteroatoms. The van der Waals surface area contributed by atoms with E-state index < -0.39 is 0 Å². The van der Waals surface area contributed by atoms with Gasteiger partial charge < -0.3 is 9.84 Å². The van der Waals surface area contributed by atoms with Crippen LogP contribution in [0.5, 0.6) is 5.75 Å². The van der Waals surface area contributed by atoms with Crippen molar-refractivity contribution in [3.63, 3.8) is 0 Å². The lowest BCUT2D eigenvalue weighted by molar-refractivity contribution is 0.0855. The van der Waals surface area contributed by atoms with E-state index in [0.29, 0.717) is 23.3 Å². The predicted molar refractivity (Wildman–Crippen MR) is 74.3 cm³/mol. The van der Waals surface area contributed by atoms with Gasteiger partial charge in [0.2, 0.25) is 0 Å². The van der Waals surface area contributed by atoms with Crippen LogP contribution in [-0.2, 0) is 0 Å². The van der Waals surface area contributed by atoms with Gasteiger partial charge in [0.25, 0.3) is 0 Å². The molecule has 0 aliphatic heterocycles. The van der Waals surface area contributed by atoms with Crippen LogP contribution in [0.25, 0.3) is 0 Å². The number of hydrogen-bond donors (Lipinski definition) is 1. The Balaban J connectivity index is 1.81. The van der Waals surface area contributed by atoms with Gasteiger partial charge in [-0.1, -0.05) is 43.4 Å². The zero-order valence-corrected chi connectivity index (χ0v) is 11.6. The first-order valence-corrected chi connectivity index (χ1v) is 7.10. The largest absolute Gasteiger partial charge is 0.489 e. The van der Waals surface area contributed by atoms with E-state index in [9.17, 15) is 5.11 Å².